The third-order valence-corrected chi connectivity index (χ3v) is 2.95. The van der Waals surface area contributed by atoms with Gasteiger partial charge >= 0.3 is 0 Å². The van der Waals surface area contributed by atoms with Crippen LogP contribution in [0.15, 0.2) is 30.9 Å². The molecule has 0 saturated carbocycles. The highest BCUT2D eigenvalue weighted by Crippen LogP contribution is 2.15. The maximum absolute atomic E-state index is 4.11. The molecule has 90 valence electrons. The second-order valence-corrected chi connectivity index (χ2v) is 4.26. The number of pyridine rings is 1. The number of hydrogen-bond donors (Lipinski definition) is 2. The molecule has 2 rings (SSSR count). The van der Waals surface area contributed by atoms with Crippen molar-refractivity contribution < 1.29 is 0 Å². The van der Waals surface area contributed by atoms with E-state index >= 15 is 0 Å². The SMILES string of the molecule is Cc1cnccc1C(C)NCCc1cn[nH]c1. The van der Waals surface area contributed by atoms with Crippen molar-refractivity contribution in [2.24, 2.45) is 0 Å². The summed E-state index contributed by atoms with van der Waals surface area (Å²) in [7, 11) is 0. The van der Waals surface area contributed by atoms with E-state index in [0.29, 0.717) is 6.04 Å². The van der Waals surface area contributed by atoms with Crippen molar-refractivity contribution in [3.63, 3.8) is 0 Å². The monoisotopic (exact) mass is 230 g/mol. The van der Waals surface area contributed by atoms with Gasteiger partial charge in [0.15, 0.2) is 0 Å². The highest BCUT2D eigenvalue weighted by atomic mass is 15.1. The van der Waals surface area contributed by atoms with Crippen molar-refractivity contribution >= 4 is 0 Å². The van der Waals surface area contributed by atoms with E-state index in [1.54, 1.807) is 0 Å². The third-order valence-electron chi connectivity index (χ3n) is 2.95. The van der Waals surface area contributed by atoms with Crippen LogP contribution in [0.5, 0.6) is 0 Å². The molecule has 2 aromatic rings. The number of rotatable bonds is 5. The largest absolute Gasteiger partial charge is 0.310 e. The lowest BCUT2D eigenvalue weighted by Crippen LogP contribution is -2.22. The van der Waals surface area contributed by atoms with Crippen LogP contribution >= 0.6 is 0 Å². The molecule has 0 spiro atoms. The Kier molecular flexibility index (Phi) is 3.88. The molecule has 0 fully saturated rings. The number of aryl methyl sites for hydroxylation is 1. The van der Waals surface area contributed by atoms with Crippen molar-refractivity contribution in [2.45, 2.75) is 26.3 Å². The average molecular weight is 230 g/mol. The summed E-state index contributed by atoms with van der Waals surface area (Å²) >= 11 is 0. The number of aromatic amines is 1. The average Bonchev–Trinajstić information content (AvgIpc) is 2.82. The van der Waals surface area contributed by atoms with Gasteiger partial charge in [0.25, 0.3) is 0 Å². The molecule has 0 radical (unpaired) electrons. The lowest BCUT2D eigenvalue weighted by molar-refractivity contribution is 0.574. The second-order valence-electron chi connectivity index (χ2n) is 4.26. The Balaban J connectivity index is 1.85. The minimum atomic E-state index is 0.352. The summed E-state index contributed by atoms with van der Waals surface area (Å²) in [5.74, 6) is 0. The molecular weight excluding hydrogens is 212 g/mol. The number of nitrogens with one attached hydrogen (secondary N) is 2. The Hall–Kier alpha value is -1.68. The Morgan fingerprint density at radius 3 is 3.00 bits per heavy atom. The summed E-state index contributed by atoms with van der Waals surface area (Å²) in [4.78, 5) is 4.11. The van der Waals surface area contributed by atoms with Gasteiger partial charge in [0.1, 0.15) is 0 Å². The second kappa shape index (κ2) is 5.59. The molecule has 17 heavy (non-hydrogen) atoms. The van der Waals surface area contributed by atoms with E-state index in [9.17, 15) is 0 Å². The number of nitrogens with zero attached hydrogens (tertiary/aromatic N) is 2. The molecule has 4 nitrogen and oxygen atoms in total. The van der Waals surface area contributed by atoms with Gasteiger partial charge in [-0.25, -0.2) is 0 Å². The van der Waals surface area contributed by atoms with Gasteiger partial charge in [-0.3, -0.25) is 10.1 Å². The summed E-state index contributed by atoms with van der Waals surface area (Å²) in [5, 5.41) is 10.3. The molecule has 0 saturated heterocycles. The summed E-state index contributed by atoms with van der Waals surface area (Å²) in [5.41, 5.74) is 3.78. The zero-order valence-electron chi connectivity index (χ0n) is 10.3. The Labute approximate surface area is 101 Å². The fraction of sp³-hybridized carbons (Fsp3) is 0.385. The smallest absolute Gasteiger partial charge is 0.0519 e. The van der Waals surface area contributed by atoms with Crippen LogP contribution in [0.4, 0.5) is 0 Å². The van der Waals surface area contributed by atoms with Crippen LogP contribution in [-0.4, -0.2) is 21.7 Å². The van der Waals surface area contributed by atoms with Gasteiger partial charge in [-0.05, 0) is 49.6 Å². The molecule has 0 aromatic carbocycles. The fourth-order valence-electron chi connectivity index (χ4n) is 1.93. The molecular formula is C13H18N4. The van der Waals surface area contributed by atoms with Gasteiger partial charge in [-0.15, -0.1) is 0 Å². The van der Waals surface area contributed by atoms with E-state index in [1.807, 2.05) is 24.8 Å². The lowest BCUT2D eigenvalue weighted by atomic mass is 10.1. The first kappa shape index (κ1) is 11.8. The van der Waals surface area contributed by atoms with Gasteiger partial charge in [0, 0.05) is 24.6 Å². The molecule has 0 amide bonds. The highest BCUT2D eigenvalue weighted by Gasteiger charge is 2.07. The van der Waals surface area contributed by atoms with Crippen LogP contribution in [-0.2, 0) is 6.42 Å². The minimum Gasteiger partial charge on any atom is -0.310 e. The van der Waals surface area contributed by atoms with E-state index in [0.717, 1.165) is 13.0 Å². The van der Waals surface area contributed by atoms with E-state index in [2.05, 4.69) is 40.4 Å². The maximum atomic E-state index is 4.11. The first-order valence-electron chi connectivity index (χ1n) is 5.89. The van der Waals surface area contributed by atoms with Gasteiger partial charge < -0.3 is 5.32 Å². The van der Waals surface area contributed by atoms with Gasteiger partial charge in [0.05, 0.1) is 6.20 Å². The highest BCUT2D eigenvalue weighted by molar-refractivity contribution is 5.24. The molecule has 1 atom stereocenters. The molecule has 0 aliphatic carbocycles. The zero-order valence-corrected chi connectivity index (χ0v) is 10.3. The standard InChI is InChI=1S/C13H18N4/c1-10-7-14-5-4-13(10)11(2)15-6-3-12-8-16-17-9-12/h4-5,7-9,11,15H,3,6H2,1-2H3,(H,16,17). The molecule has 0 bridgehead atoms. The molecule has 0 aliphatic rings. The van der Waals surface area contributed by atoms with Crippen molar-refractivity contribution in [2.75, 3.05) is 6.54 Å². The summed E-state index contributed by atoms with van der Waals surface area (Å²) in [6.45, 7) is 5.22. The number of hydrogen-bond acceptors (Lipinski definition) is 3. The van der Waals surface area contributed by atoms with Crippen molar-refractivity contribution in [3.05, 3.63) is 47.5 Å². The zero-order chi connectivity index (χ0) is 12.1. The quantitative estimate of drug-likeness (QED) is 0.826. The first-order valence-corrected chi connectivity index (χ1v) is 5.89. The van der Waals surface area contributed by atoms with Crippen LogP contribution in [0.3, 0.4) is 0 Å². The Bertz CT molecular complexity index is 450. The first-order chi connectivity index (χ1) is 8.27. The lowest BCUT2D eigenvalue weighted by Gasteiger charge is -2.15. The van der Waals surface area contributed by atoms with Crippen LogP contribution < -0.4 is 5.32 Å². The van der Waals surface area contributed by atoms with E-state index in [-0.39, 0.29) is 0 Å². The predicted molar refractivity (Wildman–Crippen MR) is 67.7 cm³/mol. The fourth-order valence-corrected chi connectivity index (χ4v) is 1.93. The summed E-state index contributed by atoms with van der Waals surface area (Å²) in [6, 6.07) is 2.43. The number of H-pyrrole nitrogens is 1. The normalized spacial score (nSPS) is 12.6. The Morgan fingerprint density at radius 2 is 2.29 bits per heavy atom. The molecule has 2 aromatic heterocycles. The van der Waals surface area contributed by atoms with E-state index in [4.69, 9.17) is 0 Å². The van der Waals surface area contributed by atoms with Crippen LogP contribution in [0, 0.1) is 6.92 Å². The van der Waals surface area contributed by atoms with Gasteiger partial charge in [0.2, 0.25) is 0 Å². The third kappa shape index (κ3) is 3.14. The maximum Gasteiger partial charge on any atom is 0.0519 e. The van der Waals surface area contributed by atoms with Gasteiger partial charge in [-0.1, -0.05) is 0 Å². The molecule has 4 heteroatoms. The number of aromatic nitrogens is 3. The van der Waals surface area contributed by atoms with Crippen LogP contribution in [0.25, 0.3) is 0 Å². The molecule has 2 heterocycles. The summed E-state index contributed by atoms with van der Waals surface area (Å²) in [6.07, 6.45) is 8.54. The van der Waals surface area contributed by atoms with Gasteiger partial charge in [-0.2, -0.15) is 5.10 Å². The topological polar surface area (TPSA) is 53.6 Å². The predicted octanol–water partition coefficient (Wildman–Crippen LogP) is 2.01. The summed E-state index contributed by atoms with van der Waals surface area (Å²) < 4.78 is 0. The molecule has 2 N–H and O–H groups in total. The van der Waals surface area contributed by atoms with E-state index in [1.165, 1.54) is 16.7 Å². The van der Waals surface area contributed by atoms with E-state index < -0.39 is 0 Å². The Morgan fingerprint density at radius 1 is 1.41 bits per heavy atom. The van der Waals surface area contributed by atoms with Crippen LogP contribution in [0.2, 0.25) is 0 Å². The minimum absolute atomic E-state index is 0.352. The van der Waals surface area contributed by atoms with Crippen molar-refractivity contribution in [3.8, 4) is 0 Å². The van der Waals surface area contributed by atoms with Crippen LogP contribution in [0.1, 0.15) is 29.7 Å². The van der Waals surface area contributed by atoms with Crippen molar-refractivity contribution in [1.29, 1.82) is 0 Å². The molecule has 1 unspecified atom stereocenters. The molecule has 0 aliphatic heterocycles. The van der Waals surface area contributed by atoms with Crippen molar-refractivity contribution in [1.82, 2.24) is 20.5 Å².